The van der Waals surface area contributed by atoms with Gasteiger partial charge in [0.1, 0.15) is 0 Å². The van der Waals surface area contributed by atoms with Gasteiger partial charge in [0.05, 0.1) is 5.41 Å². The van der Waals surface area contributed by atoms with Gasteiger partial charge in [-0.15, -0.1) is 0 Å². The maximum absolute atomic E-state index is 13.0. The van der Waals surface area contributed by atoms with E-state index in [-0.39, 0.29) is 12.5 Å². The van der Waals surface area contributed by atoms with Gasteiger partial charge in [0, 0.05) is 18.5 Å². The maximum Gasteiger partial charge on any atom is 0.260 e. The minimum Gasteiger partial charge on any atom is -0.278 e. The van der Waals surface area contributed by atoms with Crippen LogP contribution in [0.3, 0.4) is 0 Å². The number of hydrogen-bond acceptors (Lipinski definition) is 2. The van der Waals surface area contributed by atoms with Crippen LogP contribution in [0, 0.1) is 0 Å². The third kappa shape index (κ3) is 2.69. The molecule has 21 heavy (non-hydrogen) atoms. The Balaban J connectivity index is 2.51. The van der Waals surface area contributed by atoms with Gasteiger partial charge in [-0.1, -0.05) is 31.5 Å². The highest BCUT2D eigenvalue weighted by molar-refractivity contribution is 6.13. The number of fused-ring (bicyclic) bond motifs is 1. The van der Waals surface area contributed by atoms with Crippen molar-refractivity contribution in [3.05, 3.63) is 35.4 Å². The zero-order valence-corrected chi connectivity index (χ0v) is 12.2. The van der Waals surface area contributed by atoms with Crippen LogP contribution >= 0.6 is 0 Å². The number of unbranched alkanes of at least 4 members (excludes halogenated alkanes) is 1. The first-order valence-corrected chi connectivity index (χ1v) is 7.15. The Morgan fingerprint density at radius 2 is 1.90 bits per heavy atom. The van der Waals surface area contributed by atoms with Crippen LogP contribution in [0.4, 0.5) is 8.78 Å². The molecule has 2 rings (SSSR count). The minimum atomic E-state index is -2.60. The number of imide groups is 1. The average Bonchev–Trinajstić information content (AvgIpc) is 2.45. The lowest BCUT2D eigenvalue weighted by molar-refractivity contribution is -0.136. The Kier molecular flexibility index (Phi) is 4.40. The molecule has 1 aliphatic heterocycles. The van der Waals surface area contributed by atoms with Crippen LogP contribution in [-0.4, -0.2) is 29.7 Å². The van der Waals surface area contributed by atoms with Gasteiger partial charge in [0.15, 0.2) is 0 Å². The van der Waals surface area contributed by atoms with Gasteiger partial charge < -0.3 is 0 Å². The van der Waals surface area contributed by atoms with E-state index in [2.05, 4.69) is 0 Å². The van der Waals surface area contributed by atoms with Gasteiger partial charge in [-0.25, -0.2) is 8.78 Å². The number of carbonyl (C=O) groups is 2. The minimum absolute atomic E-state index is 0.279. The number of amides is 2. The zero-order chi connectivity index (χ0) is 15.6. The molecular weight excluding hydrogens is 276 g/mol. The summed E-state index contributed by atoms with van der Waals surface area (Å²) in [6, 6.07) is 6.57. The molecule has 0 saturated carbocycles. The molecule has 2 amide bonds. The topological polar surface area (TPSA) is 37.4 Å². The standard InChI is InChI=1S/C16H19F2NO2/c1-3-4-9-19-14(20)11-7-5-6-8-12(11)16(2,15(19)21)10-13(17)18/h5-8,13H,3-4,9-10H2,1-2H3. The van der Waals surface area contributed by atoms with E-state index in [1.807, 2.05) is 6.92 Å². The number of alkyl halides is 2. The summed E-state index contributed by atoms with van der Waals surface area (Å²) in [5.41, 5.74) is -0.573. The van der Waals surface area contributed by atoms with Gasteiger partial charge in [-0.3, -0.25) is 14.5 Å². The highest BCUT2D eigenvalue weighted by Crippen LogP contribution is 2.39. The summed E-state index contributed by atoms with van der Waals surface area (Å²) in [5, 5.41) is 0. The number of hydrogen-bond donors (Lipinski definition) is 0. The lowest BCUT2D eigenvalue weighted by Crippen LogP contribution is -2.54. The maximum atomic E-state index is 13.0. The lowest BCUT2D eigenvalue weighted by Gasteiger charge is -2.39. The van der Waals surface area contributed by atoms with Crippen LogP contribution in [0.5, 0.6) is 0 Å². The molecule has 3 nitrogen and oxygen atoms in total. The molecule has 1 aliphatic rings. The largest absolute Gasteiger partial charge is 0.278 e. The van der Waals surface area contributed by atoms with Crippen molar-refractivity contribution in [1.82, 2.24) is 4.90 Å². The number of halogens is 2. The molecule has 1 unspecified atom stereocenters. The Bertz CT molecular complexity index is 559. The van der Waals surface area contributed by atoms with E-state index in [0.717, 1.165) is 11.3 Å². The van der Waals surface area contributed by atoms with Gasteiger partial charge in [-0.05, 0) is 25.0 Å². The first kappa shape index (κ1) is 15.6. The Morgan fingerprint density at radius 3 is 2.52 bits per heavy atom. The second-order valence-corrected chi connectivity index (χ2v) is 5.59. The molecule has 1 aromatic carbocycles. The molecule has 1 heterocycles. The highest BCUT2D eigenvalue weighted by Gasteiger charge is 2.48. The van der Waals surface area contributed by atoms with E-state index in [1.54, 1.807) is 24.3 Å². The third-order valence-corrected chi connectivity index (χ3v) is 4.01. The van der Waals surface area contributed by atoms with E-state index >= 15 is 0 Å². The quantitative estimate of drug-likeness (QED) is 0.781. The Morgan fingerprint density at radius 1 is 1.24 bits per heavy atom. The van der Waals surface area contributed by atoms with Crippen LogP contribution in [0.15, 0.2) is 24.3 Å². The first-order chi connectivity index (χ1) is 9.91. The van der Waals surface area contributed by atoms with Crippen molar-refractivity contribution in [2.24, 2.45) is 0 Å². The fraction of sp³-hybridized carbons (Fsp3) is 0.500. The van der Waals surface area contributed by atoms with Crippen LogP contribution in [0.25, 0.3) is 0 Å². The average molecular weight is 295 g/mol. The van der Waals surface area contributed by atoms with Crippen molar-refractivity contribution >= 4 is 11.8 Å². The summed E-state index contributed by atoms with van der Waals surface area (Å²) in [6.45, 7) is 3.73. The van der Waals surface area contributed by atoms with Gasteiger partial charge >= 0.3 is 0 Å². The summed E-state index contributed by atoms with van der Waals surface area (Å²) in [7, 11) is 0. The molecule has 1 aromatic rings. The second kappa shape index (κ2) is 5.92. The second-order valence-electron chi connectivity index (χ2n) is 5.59. The molecule has 0 spiro atoms. The summed E-state index contributed by atoms with van der Waals surface area (Å²) in [6.07, 6.45) is -1.68. The lowest BCUT2D eigenvalue weighted by atomic mass is 9.73. The molecule has 1 atom stereocenters. The molecule has 114 valence electrons. The molecule has 0 aliphatic carbocycles. The monoisotopic (exact) mass is 295 g/mol. The molecule has 0 saturated heterocycles. The first-order valence-electron chi connectivity index (χ1n) is 7.15. The fourth-order valence-corrected chi connectivity index (χ4v) is 2.83. The van der Waals surface area contributed by atoms with Gasteiger partial charge in [0.25, 0.3) is 5.91 Å². The predicted octanol–water partition coefficient (Wildman–Crippen LogP) is 3.38. The van der Waals surface area contributed by atoms with Crippen molar-refractivity contribution < 1.29 is 18.4 Å². The molecular formula is C16H19F2NO2. The van der Waals surface area contributed by atoms with E-state index < -0.39 is 24.2 Å². The summed E-state index contributed by atoms with van der Waals surface area (Å²) < 4.78 is 25.9. The van der Waals surface area contributed by atoms with E-state index in [0.29, 0.717) is 17.5 Å². The SMILES string of the molecule is CCCCN1C(=O)c2ccccc2C(C)(CC(F)F)C1=O. The van der Waals surface area contributed by atoms with Gasteiger partial charge in [-0.2, -0.15) is 0 Å². The van der Waals surface area contributed by atoms with Gasteiger partial charge in [0.2, 0.25) is 12.3 Å². The van der Waals surface area contributed by atoms with Crippen LogP contribution < -0.4 is 0 Å². The molecule has 5 heteroatoms. The van der Waals surface area contributed by atoms with Crippen molar-refractivity contribution in [2.45, 2.75) is 45.0 Å². The van der Waals surface area contributed by atoms with Crippen LogP contribution in [-0.2, 0) is 10.2 Å². The fourth-order valence-electron chi connectivity index (χ4n) is 2.83. The zero-order valence-electron chi connectivity index (χ0n) is 12.2. The molecule has 0 aromatic heterocycles. The third-order valence-electron chi connectivity index (χ3n) is 4.01. The summed E-state index contributed by atoms with van der Waals surface area (Å²) in [4.78, 5) is 26.2. The van der Waals surface area contributed by atoms with Crippen molar-refractivity contribution in [2.75, 3.05) is 6.54 Å². The molecule has 0 N–H and O–H groups in total. The predicted molar refractivity (Wildman–Crippen MR) is 75.4 cm³/mol. The van der Waals surface area contributed by atoms with Crippen molar-refractivity contribution in [3.8, 4) is 0 Å². The Hall–Kier alpha value is -1.78. The smallest absolute Gasteiger partial charge is 0.260 e. The summed E-state index contributed by atoms with van der Waals surface area (Å²) in [5.74, 6) is -0.893. The van der Waals surface area contributed by atoms with Crippen molar-refractivity contribution in [1.29, 1.82) is 0 Å². The molecule has 0 fully saturated rings. The molecule has 0 bridgehead atoms. The molecule has 0 radical (unpaired) electrons. The number of carbonyl (C=O) groups excluding carboxylic acids is 2. The Labute approximate surface area is 122 Å². The van der Waals surface area contributed by atoms with Crippen LogP contribution in [0.2, 0.25) is 0 Å². The number of benzene rings is 1. The summed E-state index contributed by atoms with van der Waals surface area (Å²) >= 11 is 0. The van der Waals surface area contributed by atoms with Crippen molar-refractivity contribution in [3.63, 3.8) is 0 Å². The normalized spacial score (nSPS) is 21.9. The van der Waals surface area contributed by atoms with Crippen LogP contribution in [0.1, 0.15) is 49.0 Å². The van der Waals surface area contributed by atoms with E-state index in [4.69, 9.17) is 0 Å². The number of rotatable bonds is 5. The van der Waals surface area contributed by atoms with E-state index in [9.17, 15) is 18.4 Å². The highest BCUT2D eigenvalue weighted by atomic mass is 19.3. The van der Waals surface area contributed by atoms with E-state index in [1.165, 1.54) is 6.92 Å². The number of nitrogens with zero attached hydrogens (tertiary/aromatic N) is 1.